The lowest BCUT2D eigenvalue weighted by Gasteiger charge is -2.23. The van der Waals surface area contributed by atoms with Crippen molar-refractivity contribution in [1.82, 2.24) is 15.4 Å². The van der Waals surface area contributed by atoms with Crippen molar-refractivity contribution in [2.45, 2.75) is 139 Å². The molecule has 3 heteroatoms. The third kappa shape index (κ3) is 7.24. The van der Waals surface area contributed by atoms with E-state index in [1.54, 1.807) is 0 Å². The van der Waals surface area contributed by atoms with Crippen LogP contribution in [0.2, 0.25) is 0 Å². The quantitative estimate of drug-likeness (QED) is 0.136. The summed E-state index contributed by atoms with van der Waals surface area (Å²) in [6, 6.07) is 14.1. The average Bonchev–Trinajstić information content (AvgIpc) is 3.06. The van der Waals surface area contributed by atoms with Gasteiger partial charge >= 0.3 is 0 Å². The van der Waals surface area contributed by atoms with E-state index in [0.717, 1.165) is 55.5 Å². The van der Waals surface area contributed by atoms with Crippen LogP contribution in [0.15, 0.2) is 36.4 Å². The summed E-state index contributed by atoms with van der Waals surface area (Å²) in [7, 11) is 0. The van der Waals surface area contributed by atoms with Crippen LogP contribution in [-0.2, 0) is 38.5 Å². The average molecular weight is 604 g/mol. The first kappa shape index (κ1) is 34.5. The van der Waals surface area contributed by atoms with Crippen LogP contribution in [0, 0.1) is 20.8 Å². The molecule has 1 heterocycles. The molecule has 4 aromatic rings. The monoisotopic (exact) mass is 603 g/mol. The predicted molar refractivity (Wildman–Crippen MR) is 194 cm³/mol. The van der Waals surface area contributed by atoms with E-state index in [1.807, 2.05) is 0 Å². The lowest BCUT2D eigenvalue weighted by molar-refractivity contribution is 0.789. The molecular weight excluding hydrogens is 546 g/mol. The highest BCUT2D eigenvalue weighted by Crippen LogP contribution is 2.43. The van der Waals surface area contributed by atoms with Crippen LogP contribution in [0.25, 0.3) is 33.6 Å². The topological polar surface area (TPSA) is 38.7 Å². The Kier molecular flexibility index (Phi) is 12.5. The van der Waals surface area contributed by atoms with Crippen molar-refractivity contribution < 1.29 is 0 Å². The maximum atomic E-state index is 4.91. The van der Waals surface area contributed by atoms with E-state index < -0.39 is 0 Å². The number of unbranched alkanes of at least 4 members (excludes halogenated alkanes) is 3. The molecule has 0 aliphatic rings. The molecule has 4 rings (SSSR count). The van der Waals surface area contributed by atoms with Gasteiger partial charge in [-0.1, -0.05) is 97.2 Å². The normalized spacial score (nSPS) is 11.4. The summed E-state index contributed by atoms with van der Waals surface area (Å²) in [5, 5.41) is 14.3. The second-order valence-electron chi connectivity index (χ2n) is 12.9. The largest absolute Gasteiger partial charge is 0.129 e. The number of aryl methyl sites for hydroxylation is 3. The van der Waals surface area contributed by atoms with Gasteiger partial charge in [0.05, 0.1) is 0 Å². The number of nitrogens with zero attached hydrogens (tertiary/aromatic N) is 3. The van der Waals surface area contributed by atoms with Crippen LogP contribution in [0.4, 0.5) is 0 Å². The lowest BCUT2D eigenvalue weighted by Crippen LogP contribution is -2.08. The summed E-state index contributed by atoms with van der Waals surface area (Å²) >= 11 is 0. The summed E-state index contributed by atoms with van der Waals surface area (Å²) < 4.78 is 0. The van der Waals surface area contributed by atoms with Gasteiger partial charge in [0.2, 0.25) is 0 Å². The minimum atomic E-state index is 0.959. The van der Waals surface area contributed by atoms with Gasteiger partial charge in [0.25, 0.3) is 0 Å². The zero-order chi connectivity index (χ0) is 32.5. The van der Waals surface area contributed by atoms with E-state index in [1.165, 1.54) is 105 Å². The van der Waals surface area contributed by atoms with Crippen LogP contribution in [0.3, 0.4) is 0 Å². The fourth-order valence-electron chi connectivity index (χ4n) is 7.33. The van der Waals surface area contributed by atoms with Gasteiger partial charge < -0.3 is 0 Å². The van der Waals surface area contributed by atoms with Crippen LogP contribution in [0.1, 0.15) is 130 Å². The highest BCUT2D eigenvalue weighted by molar-refractivity contribution is 5.94. The van der Waals surface area contributed by atoms with Crippen molar-refractivity contribution >= 4 is 0 Å². The Balaban J connectivity index is 2.08. The van der Waals surface area contributed by atoms with Gasteiger partial charge in [-0.15, -0.1) is 10.2 Å². The predicted octanol–water partition coefficient (Wildman–Crippen LogP) is 11.5. The van der Waals surface area contributed by atoms with Crippen LogP contribution in [-0.4, -0.2) is 15.4 Å². The third-order valence-electron chi connectivity index (χ3n) is 10.1. The Morgan fingerprint density at radius 2 is 0.778 bits per heavy atom. The van der Waals surface area contributed by atoms with E-state index in [9.17, 15) is 0 Å². The maximum absolute atomic E-state index is 4.91. The van der Waals surface area contributed by atoms with E-state index >= 15 is 0 Å². The molecular formula is C42H57N3. The molecule has 3 nitrogen and oxygen atoms in total. The van der Waals surface area contributed by atoms with Crippen LogP contribution >= 0.6 is 0 Å². The van der Waals surface area contributed by atoms with Gasteiger partial charge in [0.1, 0.15) is 11.4 Å². The fourth-order valence-corrected chi connectivity index (χ4v) is 7.33. The lowest BCUT2D eigenvalue weighted by atomic mass is 9.83. The number of rotatable bonds is 15. The van der Waals surface area contributed by atoms with E-state index in [4.69, 9.17) is 10.2 Å². The Hall–Kier alpha value is -3.33. The molecule has 0 amide bonds. The molecule has 0 atom stereocenters. The SMILES string of the molecule is CCCCc1ccc(-c2nnnc(-c3ccc(CCCC)c(C)c3CC)c2-c2ccc(CCCC)c(C)c2CC)c(CC)c1C. The molecule has 3 aromatic carbocycles. The number of hydrogen-bond acceptors (Lipinski definition) is 3. The standard InChI is InChI=1S/C42H57N3/c1-10-16-19-31-22-25-37(34(13-4)28(31)7)40-41(38-26-23-32(20-17-11-2)29(8)35(38)14-5)43-45-44-42(40)39-27-24-33(21-18-12-3)30(9)36(39)15-6/h22-27H,10-21H2,1-9H3. The summed E-state index contributed by atoms with van der Waals surface area (Å²) in [4.78, 5) is 0. The number of benzene rings is 3. The molecule has 240 valence electrons. The minimum Gasteiger partial charge on any atom is -0.129 e. The van der Waals surface area contributed by atoms with E-state index in [0.29, 0.717) is 0 Å². The van der Waals surface area contributed by atoms with Gasteiger partial charge in [-0.25, -0.2) is 0 Å². The maximum Gasteiger partial charge on any atom is 0.105 e. The summed E-state index contributed by atoms with van der Waals surface area (Å²) in [5.41, 5.74) is 19.5. The summed E-state index contributed by atoms with van der Waals surface area (Å²) in [5.74, 6) is 0. The zero-order valence-corrected chi connectivity index (χ0v) is 29.8. The minimum absolute atomic E-state index is 0.959. The Morgan fingerprint density at radius 3 is 1.11 bits per heavy atom. The van der Waals surface area contributed by atoms with Gasteiger partial charge in [0, 0.05) is 16.7 Å². The molecule has 0 spiro atoms. The molecule has 1 aromatic heterocycles. The van der Waals surface area contributed by atoms with Crippen molar-refractivity contribution in [2.75, 3.05) is 0 Å². The molecule has 0 bridgehead atoms. The molecule has 0 saturated heterocycles. The van der Waals surface area contributed by atoms with Gasteiger partial charge in [-0.2, -0.15) is 0 Å². The highest BCUT2D eigenvalue weighted by atomic mass is 15.3. The molecule has 0 radical (unpaired) electrons. The second kappa shape index (κ2) is 16.3. The van der Waals surface area contributed by atoms with Gasteiger partial charge in [-0.05, 0) is 139 Å². The van der Waals surface area contributed by atoms with Gasteiger partial charge in [-0.3, -0.25) is 0 Å². The van der Waals surface area contributed by atoms with Crippen LogP contribution < -0.4 is 0 Å². The fraction of sp³-hybridized carbons (Fsp3) is 0.500. The van der Waals surface area contributed by atoms with E-state index in [2.05, 4.69) is 104 Å². The second-order valence-corrected chi connectivity index (χ2v) is 12.9. The molecule has 0 aliphatic carbocycles. The molecule has 0 aliphatic heterocycles. The summed E-state index contributed by atoms with van der Waals surface area (Å²) in [6.07, 6.45) is 13.5. The first-order valence-electron chi connectivity index (χ1n) is 17.9. The van der Waals surface area contributed by atoms with Crippen LogP contribution in [0.5, 0.6) is 0 Å². The third-order valence-corrected chi connectivity index (χ3v) is 10.1. The molecule has 0 unspecified atom stereocenters. The van der Waals surface area contributed by atoms with Crippen molar-refractivity contribution in [3.63, 3.8) is 0 Å². The molecule has 0 saturated carbocycles. The molecule has 45 heavy (non-hydrogen) atoms. The Labute approximate surface area is 274 Å². The molecule has 0 fully saturated rings. The van der Waals surface area contributed by atoms with E-state index in [-0.39, 0.29) is 0 Å². The Bertz CT molecular complexity index is 1510. The van der Waals surface area contributed by atoms with Crippen molar-refractivity contribution in [3.05, 3.63) is 86.5 Å². The van der Waals surface area contributed by atoms with Crippen molar-refractivity contribution in [3.8, 4) is 33.6 Å². The number of aromatic nitrogens is 3. The smallest absolute Gasteiger partial charge is 0.105 e. The zero-order valence-electron chi connectivity index (χ0n) is 29.8. The first-order chi connectivity index (χ1) is 21.9. The number of hydrogen-bond donors (Lipinski definition) is 0. The summed E-state index contributed by atoms with van der Waals surface area (Å²) in [6.45, 7) is 20.6. The van der Waals surface area contributed by atoms with Gasteiger partial charge in [0.15, 0.2) is 0 Å². The Morgan fingerprint density at radius 1 is 0.444 bits per heavy atom. The van der Waals surface area contributed by atoms with Crippen molar-refractivity contribution in [1.29, 1.82) is 0 Å². The molecule has 0 N–H and O–H groups in total. The first-order valence-corrected chi connectivity index (χ1v) is 17.9. The van der Waals surface area contributed by atoms with Crippen molar-refractivity contribution in [2.24, 2.45) is 0 Å². The highest BCUT2D eigenvalue weighted by Gasteiger charge is 2.25.